The van der Waals surface area contributed by atoms with Gasteiger partial charge >= 0.3 is 0 Å². The molecule has 3 atom stereocenters. The van der Waals surface area contributed by atoms with E-state index in [0.717, 1.165) is 30.1 Å². The summed E-state index contributed by atoms with van der Waals surface area (Å²) in [6.45, 7) is 7.60. The van der Waals surface area contributed by atoms with E-state index in [1.165, 1.54) is 51.0 Å². The third-order valence-electron chi connectivity index (χ3n) is 5.92. The number of carbonyl (C=O) groups is 1. The zero-order chi connectivity index (χ0) is 15.8. The summed E-state index contributed by atoms with van der Waals surface area (Å²) in [5.41, 5.74) is 2.21. The van der Waals surface area contributed by atoms with Crippen molar-refractivity contribution in [3.8, 4) is 0 Å². The van der Waals surface area contributed by atoms with Gasteiger partial charge in [-0.05, 0) is 42.9 Å². The van der Waals surface area contributed by atoms with Crippen LogP contribution in [-0.4, -0.2) is 47.9 Å². The topological polar surface area (TPSA) is 35.6 Å². The third kappa shape index (κ3) is 3.02. The SMILES string of the molecule is CC(=O)Nc1ccccc1CN1C[C@@H]2CN3CCCC[C@@H]3[C@@H]2C1. The van der Waals surface area contributed by atoms with Crippen LogP contribution in [0.4, 0.5) is 5.69 Å². The first kappa shape index (κ1) is 15.2. The van der Waals surface area contributed by atoms with E-state index in [2.05, 4.69) is 27.2 Å². The van der Waals surface area contributed by atoms with E-state index < -0.39 is 0 Å². The Morgan fingerprint density at radius 1 is 1.22 bits per heavy atom. The van der Waals surface area contributed by atoms with Gasteiger partial charge in [-0.2, -0.15) is 0 Å². The molecule has 1 amide bonds. The number of para-hydroxylation sites is 1. The van der Waals surface area contributed by atoms with Crippen LogP contribution < -0.4 is 5.32 Å². The van der Waals surface area contributed by atoms with E-state index in [1.807, 2.05) is 12.1 Å². The molecule has 3 saturated heterocycles. The Labute approximate surface area is 138 Å². The van der Waals surface area contributed by atoms with Gasteiger partial charge in [0, 0.05) is 44.8 Å². The van der Waals surface area contributed by atoms with Crippen molar-refractivity contribution in [1.82, 2.24) is 9.80 Å². The van der Waals surface area contributed by atoms with Crippen LogP contribution in [0.3, 0.4) is 0 Å². The maximum atomic E-state index is 11.4. The highest BCUT2D eigenvalue weighted by molar-refractivity contribution is 5.89. The van der Waals surface area contributed by atoms with Crippen molar-refractivity contribution in [1.29, 1.82) is 0 Å². The van der Waals surface area contributed by atoms with Crippen LogP contribution in [-0.2, 0) is 11.3 Å². The van der Waals surface area contributed by atoms with Crippen molar-refractivity contribution in [2.75, 3.05) is 31.5 Å². The summed E-state index contributed by atoms with van der Waals surface area (Å²) >= 11 is 0. The zero-order valence-electron chi connectivity index (χ0n) is 14.0. The average Bonchev–Trinajstić information content (AvgIpc) is 3.06. The van der Waals surface area contributed by atoms with Crippen LogP contribution in [0.15, 0.2) is 24.3 Å². The number of nitrogens with one attached hydrogen (secondary N) is 1. The summed E-state index contributed by atoms with van der Waals surface area (Å²) in [5.74, 6) is 1.72. The second-order valence-corrected chi connectivity index (χ2v) is 7.51. The fourth-order valence-electron chi connectivity index (χ4n) is 4.99. The molecule has 1 aromatic rings. The van der Waals surface area contributed by atoms with Crippen LogP contribution >= 0.6 is 0 Å². The van der Waals surface area contributed by atoms with Crippen molar-refractivity contribution in [2.45, 2.75) is 38.8 Å². The van der Waals surface area contributed by atoms with Crippen molar-refractivity contribution in [3.05, 3.63) is 29.8 Å². The van der Waals surface area contributed by atoms with Gasteiger partial charge in [-0.3, -0.25) is 14.6 Å². The fraction of sp³-hybridized carbons (Fsp3) is 0.632. The van der Waals surface area contributed by atoms with Crippen LogP contribution in [0, 0.1) is 11.8 Å². The van der Waals surface area contributed by atoms with Gasteiger partial charge in [-0.1, -0.05) is 24.6 Å². The predicted octanol–water partition coefficient (Wildman–Crippen LogP) is 2.56. The zero-order valence-corrected chi connectivity index (χ0v) is 14.0. The lowest BCUT2D eigenvalue weighted by Crippen LogP contribution is -2.39. The molecule has 3 aliphatic heterocycles. The molecule has 23 heavy (non-hydrogen) atoms. The molecule has 1 aromatic carbocycles. The minimum absolute atomic E-state index is 0.00795. The molecular weight excluding hydrogens is 286 g/mol. The number of piperidine rings is 1. The van der Waals surface area contributed by atoms with Gasteiger partial charge in [0.25, 0.3) is 0 Å². The summed E-state index contributed by atoms with van der Waals surface area (Å²) in [5, 5.41) is 2.97. The first-order chi connectivity index (χ1) is 11.2. The van der Waals surface area contributed by atoms with Crippen molar-refractivity contribution < 1.29 is 4.79 Å². The molecule has 3 fully saturated rings. The maximum Gasteiger partial charge on any atom is 0.221 e. The number of likely N-dealkylation sites (tertiary alicyclic amines) is 1. The summed E-state index contributed by atoms with van der Waals surface area (Å²) in [4.78, 5) is 16.7. The van der Waals surface area contributed by atoms with E-state index in [-0.39, 0.29) is 5.91 Å². The molecule has 4 nitrogen and oxygen atoms in total. The summed E-state index contributed by atoms with van der Waals surface area (Å²) in [6.07, 6.45) is 4.21. The van der Waals surface area contributed by atoms with Crippen molar-refractivity contribution in [3.63, 3.8) is 0 Å². The van der Waals surface area contributed by atoms with Crippen LogP contribution in [0.1, 0.15) is 31.7 Å². The molecule has 1 N–H and O–H groups in total. The van der Waals surface area contributed by atoms with E-state index in [9.17, 15) is 4.79 Å². The Morgan fingerprint density at radius 3 is 2.96 bits per heavy atom. The van der Waals surface area contributed by atoms with Gasteiger partial charge < -0.3 is 5.32 Å². The second kappa shape index (κ2) is 6.25. The summed E-state index contributed by atoms with van der Waals surface area (Å²) in [7, 11) is 0. The number of anilines is 1. The van der Waals surface area contributed by atoms with E-state index in [1.54, 1.807) is 6.92 Å². The molecule has 0 aliphatic carbocycles. The molecule has 3 heterocycles. The van der Waals surface area contributed by atoms with Crippen molar-refractivity contribution in [2.24, 2.45) is 11.8 Å². The van der Waals surface area contributed by atoms with Gasteiger partial charge in [0.2, 0.25) is 5.91 Å². The molecule has 3 aliphatic rings. The lowest BCUT2D eigenvalue weighted by atomic mass is 9.90. The van der Waals surface area contributed by atoms with Crippen LogP contribution in [0.2, 0.25) is 0 Å². The average molecular weight is 313 g/mol. The van der Waals surface area contributed by atoms with Gasteiger partial charge in [-0.25, -0.2) is 0 Å². The lowest BCUT2D eigenvalue weighted by molar-refractivity contribution is -0.114. The number of nitrogens with zero attached hydrogens (tertiary/aromatic N) is 2. The Balaban J connectivity index is 1.43. The first-order valence-electron chi connectivity index (χ1n) is 9.02. The monoisotopic (exact) mass is 313 g/mol. The minimum Gasteiger partial charge on any atom is -0.326 e. The number of hydrogen-bond acceptors (Lipinski definition) is 3. The first-order valence-corrected chi connectivity index (χ1v) is 9.02. The highest BCUT2D eigenvalue weighted by Crippen LogP contribution is 2.40. The third-order valence-corrected chi connectivity index (χ3v) is 5.92. The quantitative estimate of drug-likeness (QED) is 0.931. The Bertz CT molecular complexity index is 588. The fourth-order valence-corrected chi connectivity index (χ4v) is 4.99. The van der Waals surface area contributed by atoms with Crippen LogP contribution in [0.25, 0.3) is 0 Å². The smallest absolute Gasteiger partial charge is 0.221 e. The molecule has 0 spiro atoms. The number of amides is 1. The summed E-state index contributed by atoms with van der Waals surface area (Å²) in [6, 6.07) is 9.06. The Kier molecular flexibility index (Phi) is 4.12. The van der Waals surface area contributed by atoms with Gasteiger partial charge in [0.05, 0.1) is 0 Å². The van der Waals surface area contributed by atoms with Crippen molar-refractivity contribution >= 4 is 11.6 Å². The standard InChI is InChI=1S/C19H27N3O/c1-14(23)20-18-7-3-2-6-15(18)10-21-11-16-12-22-9-5-4-8-19(22)17(16)13-21/h2-3,6-7,16-17,19H,4-5,8-13H2,1H3,(H,20,23)/t16-,17-,19-/m1/s1. The molecular formula is C19H27N3O. The molecule has 4 heteroatoms. The summed E-state index contributed by atoms with van der Waals surface area (Å²) < 4.78 is 0. The second-order valence-electron chi connectivity index (χ2n) is 7.51. The molecule has 4 rings (SSSR count). The van der Waals surface area contributed by atoms with E-state index in [0.29, 0.717) is 0 Å². The van der Waals surface area contributed by atoms with E-state index in [4.69, 9.17) is 0 Å². The number of fused-ring (bicyclic) bond motifs is 3. The van der Waals surface area contributed by atoms with Gasteiger partial charge in [0.15, 0.2) is 0 Å². The minimum atomic E-state index is 0.00795. The Hall–Kier alpha value is -1.39. The maximum absolute atomic E-state index is 11.4. The molecule has 0 unspecified atom stereocenters. The molecule has 0 saturated carbocycles. The number of rotatable bonds is 3. The largest absolute Gasteiger partial charge is 0.326 e. The highest BCUT2D eigenvalue weighted by Gasteiger charge is 2.46. The lowest BCUT2D eigenvalue weighted by Gasteiger charge is -2.33. The van der Waals surface area contributed by atoms with Gasteiger partial charge in [-0.15, -0.1) is 0 Å². The molecule has 0 aromatic heterocycles. The normalized spacial score (nSPS) is 30.9. The van der Waals surface area contributed by atoms with E-state index >= 15 is 0 Å². The Morgan fingerprint density at radius 2 is 2.09 bits per heavy atom. The molecule has 0 bridgehead atoms. The number of carbonyl (C=O) groups excluding carboxylic acids is 1. The number of benzene rings is 1. The van der Waals surface area contributed by atoms with Crippen LogP contribution in [0.5, 0.6) is 0 Å². The number of hydrogen-bond donors (Lipinski definition) is 1. The van der Waals surface area contributed by atoms with Gasteiger partial charge in [0.1, 0.15) is 0 Å². The molecule has 0 radical (unpaired) electrons. The predicted molar refractivity (Wildman–Crippen MR) is 92.2 cm³/mol. The molecule has 124 valence electrons. The highest BCUT2D eigenvalue weighted by atomic mass is 16.1.